The van der Waals surface area contributed by atoms with Gasteiger partial charge in [0.15, 0.2) is 9.84 Å². The Morgan fingerprint density at radius 2 is 1.37 bits per heavy atom. The lowest BCUT2D eigenvalue weighted by molar-refractivity contribution is -0.0355. The fraction of sp³-hybridized carbons (Fsp3) is 0.667. The molecular formula is C36H55NO3S. The van der Waals surface area contributed by atoms with E-state index in [-0.39, 0.29) is 16.9 Å². The third-order valence-corrected chi connectivity index (χ3v) is 11.0. The van der Waals surface area contributed by atoms with Crippen LogP contribution in [-0.4, -0.2) is 43.3 Å². The summed E-state index contributed by atoms with van der Waals surface area (Å²) in [5, 5.41) is 0. The summed E-state index contributed by atoms with van der Waals surface area (Å²) in [6, 6.07) is 14.7. The first-order valence-electron chi connectivity index (χ1n) is 16.5. The lowest BCUT2D eigenvalue weighted by Gasteiger charge is -2.48. The minimum Gasteiger partial charge on any atom is -0.487 e. The van der Waals surface area contributed by atoms with Gasteiger partial charge in [0.25, 0.3) is 0 Å². The van der Waals surface area contributed by atoms with Crippen LogP contribution in [0.25, 0.3) is 11.1 Å². The first-order chi connectivity index (χ1) is 19.6. The van der Waals surface area contributed by atoms with Crippen LogP contribution in [0, 0.1) is 0 Å². The maximum absolute atomic E-state index is 12.7. The van der Waals surface area contributed by atoms with Crippen molar-refractivity contribution in [3.8, 4) is 16.9 Å². The van der Waals surface area contributed by atoms with Crippen LogP contribution in [0.1, 0.15) is 122 Å². The zero-order valence-corrected chi connectivity index (χ0v) is 27.2. The second-order valence-corrected chi connectivity index (χ2v) is 15.9. The summed E-state index contributed by atoms with van der Waals surface area (Å²) < 4.78 is 32.1. The zero-order chi connectivity index (χ0) is 29.3. The minimum absolute atomic E-state index is 0.0166. The number of sulfone groups is 1. The van der Waals surface area contributed by atoms with Gasteiger partial charge in [-0.2, -0.15) is 0 Å². The van der Waals surface area contributed by atoms with E-state index < -0.39 is 9.84 Å². The molecule has 0 atom stereocenters. The Morgan fingerprint density at radius 1 is 0.780 bits per heavy atom. The maximum atomic E-state index is 12.7. The van der Waals surface area contributed by atoms with E-state index in [9.17, 15) is 8.42 Å². The molecule has 0 N–H and O–H groups in total. The number of hydrogen-bond acceptors (Lipinski definition) is 4. The number of fused-ring (bicyclic) bond motifs is 1. The van der Waals surface area contributed by atoms with Crippen LogP contribution in [0.2, 0.25) is 0 Å². The molecule has 41 heavy (non-hydrogen) atoms. The first kappa shape index (κ1) is 32.1. The predicted octanol–water partition coefficient (Wildman–Crippen LogP) is 9.15. The van der Waals surface area contributed by atoms with E-state index in [0.717, 1.165) is 74.9 Å². The largest absolute Gasteiger partial charge is 0.487 e. The molecule has 1 spiro atoms. The van der Waals surface area contributed by atoms with E-state index in [0.29, 0.717) is 5.75 Å². The SMILES string of the molecule is CCCCCCCCCCCCS(=O)(=O)Cc1ccc(-c2ccc3c(c2)CCC2(CCN(C(C)(C)C)CC2)O3)cc1. The van der Waals surface area contributed by atoms with Gasteiger partial charge in [-0.05, 0) is 87.3 Å². The number of unbranched alkanes of at least 4 members (excludes halogenated alkanes) is 9. The van der Waals surface area contributed by atoms with E-state index in [1.807, 2.05) is 12.1 Å². The Labute approximate surface area is 251 Å². The van der Waals surface area contributed by atoms with Crippen molar-refractivity contribution in [2.75, 3.05) is 18.8 Å². The van der Waals surface area contributed by atoms with Gasteiger partial charge in [-0.1, -0.05) is 95.0 Å². The van der Waals surface area contributed by atoms with E-state index in [1.165, 1.54) is 56.1 Å². The van der Waals surface area contributed by atoms with Crippen molar-refractivity contribution in [1.29, 1.82) is 0 Å². The number of piperidine rings is 1. The fourth-order valence-corrected chi connectivity index (χ4v) is 8.06. The first-order valence-corrected chi connectivity index (χ1v) is 18.3. The molecule has 1 fully saturated rings. The van der Waals surface area contributed by atoms with Gasteiger partial charge >= 0.3 is 0 Å². The van der Waals surface area contributed by atoms with Crippen LogP contribution < -0.4 is 4.74 Å². The third-order valence-electron chi connectivity index (χ3n) is 9.34. The summed E-state index contributed by atoms with van der Waals surface area (Å²) in [6.07, 6.45) is 16.5. The molecule has 5 heteroatoms. The molecule has 4 rings (SSSR count). The molecule has 0 radical (unpaired) electrons. The highest BCUT2D eigenvalue weighted by atomic mass is 32.2. The van der Waals surface area contributed by atoms with Gasteiger partial charge in [0, 0.05) is 18.6 Å². The smallest absolute Gasteiger partial charge is 0.154 e. The van der Waals surface area contributed by atoms with Gasteiger partial charge < -0.3 is 4.74 Å². The average molecular weight is 582 g/mol. The summed E-state index contributed by atoms with van der Waals surface area (Å²) in [7, 11) is -3.08. The van der Waals surface area contributed by atoms with Crippen molar-refractivity contribution in [2.45, 2.75) is 134 Å². The molecule has 2 heterocycles. The Morgan fingerprint density at radius 3 is 1.98 bits per heavy atom. The van der Waals surface area contributed by atoms with Crippen LogP contribution in [0.3, 0.4) is 0 Å². The van der Waals surface area contributed by atoms with Gasteiger partial charge in [0.2, 0.25) is 0 Å². The molecule has 4 nitrogen and oxygen atoms in total. The van der Waals surface area contributed by atoms with Crippen molar-refractivity contribution in [1.82, 2.24) is 4.90 Å². The Hall–Kier alpha value is -1.85. The van der Waals surface area contributed by atoms with E-state index in [2.05, 4.69) is 62.9 Å². The topological polar surface area (TPSA) is 46.6 Å². The summed E-state index contributed by atoms with van der Waals surface area (Å²) in [4.78, 5) is 2.58. The summed E-state index contributed by atoms with van der Waals surface area (Å²) in [5.41, 5.74) is 4.67. The lowest BCUT2D eigenvalue weighted by atomic mass is 9.81. The van der Waals surface area contributed by atoms with Crippen molar-refractivity contribution in [2.24, 2.45) is 0 Å². The van der Waals surface area contributed by atoms with Gasteiger partial charge in [-0.3, -0.25) is 4.90 Å². The van der Waals surface area contributed by atoms with E-state index >= 15 is 0 Å². The van der Waals surface area contributed by atoms with E-state index in [4.69, 9.17) is 4.74 Å². The van der Waals surface area contributed by atoms with Crippen molar-refractivity contribution in [3.05, 3.63) is 53.6 Å². The molecule has 228 valence electrons. The minimum atomic E-state index is -3.08. The van der Waals surface area contributed by atoms with Crippen LogP contribution >= 0.6 is 0 Å². The Bertz CT molecular complexity index is 1190. The predicted molar refractivity (Wildman–Crippen MR) is 173 cm³/mol. The van der Waals surface area contributed by atoms with E-state index in [1.54, 1.807) is 0 Å². The molecular weight excluding hydrogens is 526 g/mol. The second-order valence-electron chi connectivity index (χ2n) is 13.7. The van der Waals surface area contributed by atoms with Gasteiger partial charge in [0.05, 0.1) is 11.5 Å². The highest BCUT2D eigenvalue weighted by Crippen LogP contribution is 2.41. The zero-order valence-electron chi connectivity index (χ0n) is 26.3. The molecule has 2 aliphatic rings. The van der Waals surface area contributed by atoms with Crippen LogP contribution in [0.4, 0.5) is 0 Å². The molecule has 0 unspecified atom stereocenters. The van der Waals surface area contributed by atoms with Crippen molar-refractivity contribution >= 4 is 9.84 Å². The lowest BCUT2D eigenvalue weighted by Crippen LogP contribution is -2.54. The van der Waals surface area contributed by atoms with Crippen LogP contribution in [0.15, 0.2) is 42.5 Å². The maximum Gasteiger partial charge on any atom is 0.154 e. The molecule has 2 aliphatic heterocycles. The number of aryl methyl sites for hydroxylation is 1. The highest BCUT2D eigenvalue weighted by Gasteiger charge is 2.41. The third kappa shape index (κ3) is 9.58. The normalized spacial score (nSPS) is 17.4. The molecule has 1 saturated heterocycles. The number of hydrogen-bond donors (Lipinski definition) is 0. The van der Waals surface area contributed by atoms with Crippen molar-refractivity contribution < 1.29 is 13.2 Å². The fourth-order valence-electron chi connectivity index (χ4n) is 6.57. The molecule has 0 bridgehead atoms. The van der Waals surface area contributed by atoms with Crippen LogP contribution in [0.5, 0.6) is 5.75 Å². The second kappa shape index (κ2) is 14.6. The highest BCUT2D eigenvalue weighted by molar-refractivity contribution is 7.90. The molecule has 0 aromatic heterocycles. The molecule has 0 amide bonds. The monoisotopic (exact) mass is 581 g/mol. The standard InChI is InChI=1S/C36H55NO3S/c1-5-6-7-8-9-10-11-12-13-14-27-41(38,39)29-30-15-17-31(18-16-30)32-19-20-34-33(28-32)21-22-36(40-34)23-25-37(26-24-36)35(2,3)4/h15-20,28H,5-14,21-27,29H2,1-4H3. The number of rotatable bonds is 14. The van der Waals surface area contributed by atoms with Gasteiger partial charge in [-0.25, -0.2) is 8.42 Å². The molecule has 0 saturated carbocycles. The van der Waals surface area contributed by atoms with Crippen molar-refractivity contribution in [3.63, 3.8) is 0 Å². The number of benzene rings is 2. The average Bonchev–Trinajstić information content (AvgIpc) is 2.94. The van der Waals surface area contributed by atoms with Gasteiger partial charge in [-0.15, -0.1) is 0 Å². The molecule has 2 aromatic carbocycles. The summed E-state index contributed by atoms with van der Waals surface area (Å²) in [5.74, 6) is 1.47. The quantitative estimate of drug-likeness (QED) is 0.209. The molecule has 0 aliphatic carbocycles. The number of nitrogens with zero attached hydrogens (tertiary/aromatic N) is 1. The Balaban J connectivity index is 1.22. The summed E-state index contributed by atoms with van der Waals surface area (Å²) in [6.45, 7) is 11.3. The number of likely N-dealkylation sites (tertiary alicyclic amines) is 1. The number of ether oxygens (including phenoxy) is 1. The molecule has 2 aromatic rings. The summed E-state index contributed by atoms with van der Waals surface area (Å²) >= 11 is 0. The Kier molecular flexibility index (Phi) is 11.4. The van der Waals surface area contributed by atoms with Gasteiger partial charge in [0.1, 0.15) is 11.4 Å². The van der Waals surface area contributed by atoms with Crippen LogP contribution in [-0.2, 0) is 22.0 Å².